The molecule has 87 heavy (non-hydrogen) atoms. The van der Waals surface area contributed by atoms with E-state index in [1.807, 2.05) is 84.9 Å². The van der Waals surface area contributed by atoms with Gasteiger partial charge >= 0.3 is 13.2 Å². The summed E-state index contributed by atoms with van der Waals surface area (Å²) in [6.07, 6.45) is 2.90. The molecule has 0 atom stereocenters. The number of nitrogens with zero attached hydrogens (tertiary/aromatic N) is 7. The number of aromatic nitrogens is 2. The molecule has 3 amide bonds. The van der Waals surface area contributed by atoms with Crippen molar-refractivity contribution in [1.29, 1.82) is 10.5 Å². The first-order chi connectivity index (χ1) is 41.3. The Labute approximate surface area is 510 Å². The van der Waals surface area contributed by atoms with Gasteiger partial charge in [0.2, 0.25) is 0 Å². The Morgan fingerprint density at radius 2 is 1.16 bits per heavy atom. The lowest BCUT2D eigenvalue weighted by atomic mass is 9.78. The van der Waals surface area contributed by atoms with Crippen molar-refractivity contribution in [2.24, 2.45) is 0 Å². The molecule has 7 heterocycles. The molecule has 0 spiro atoms. The first-order valence-electron chi connectivity index (χ1n) is 28.0. The number of carbonyl (C=O) groups is 3. The van der Waals surface area contributed by atoms with E-state index in [9.17, 15) is 24.9 Å². The summed E-state index contributed by atoms with van der Waals surface area (Å²) in [6.45, 7) is 15.9. The van der Waals surface area contributed by atoms with Gasteiger partial charge in [-0.25, -0.2) is 4.79 Å². The van der Waals surface area contributed by atoms with Crippen LogP contribution < -0.4 is 29.7 Å². The molecule has 4 aromatic heterocycles. The molecule has 3 aliphatic heterocycles. The molecule has 4 aromatic carbocycles. The Balaban J connectivity index is 0.000000159. The Kier molecular flexibility index (Phi) is 18.3. The molecule has 3 saturated heterocycles. The predicted molar refractivity (Wildman–Crippen MR) is 330 cm³/mol. The highest BCUT2D eigenvalue weighted by molar-refractivity contribution is 6.62. The molecule has 8 aromatic rings. The van der Waals surface area contributed by atoms with E-state index >= 15 is 0 Å². The van der Waals surface area contributed by atoms with Crippen LogP contribution in [0, 0.1) is 22.7 Å². The third-order valence-electron chi connectivity index (χ3n) is 14.9. The fraction of sp³-hybridized carbons (Fsp3) is 0.338. The lowest BCUT2D eigenvalue weighted by Crippen LogP contribution is -2.57. The Hall–Kier alpha value is -9.12. The largest absolute Gasteiger partial charge is 0.496 e. The van der Waals surface area contributed by atoms with E-state index in [0.717, 1.165) is 35.2 Å². The number of hydrogen-bond acceptors (Lipinski definition) is 17. The van der Waals surface area contributed by atoms with Crippen molar-refractivity contribution in [2.45, 2.75) is 77.5 Å². The van der Waals surface area contributed by atoms with Crippen LogP contribution in [-0.2, 0) is 14.0 Å². The zero-order chi connectivity index (χ0) is 62.7. The number of nitriles is 2. The molecule has 3 fully saturated rings. The number of pyridine rings is 2. The van der Waals surface area contributed by atoms with Crippen molar-refractivity contribution in [3.05, 3.63) is 137 Å². The van der Waals surface area contributed by atoms with Gasteiger partial charge in [-0.2, -0.15) is 10.5 Å². The van der Waals surface area contributed by atoms with Crippen LogP contribution in [-0.4, -0.2) is 147 Å². The van der Waals surface area contributed by atoms with Crippen molar-refractivity contribution in [2.75, 3.05) is 68.6 Å². The van der Waals surface area contributed by atoms with Crippen molar-refractivity contribution < 1.29 is 56.2 Å². The molecule has 1 N–H and O–H groups in total. The summed E-state index contributed by atoms with van der Waals surface area (Å²) in [5, 5.41) is 22.9. The second kappa shape index (κ2) is 25.5. The lowest BCUT2D eigenvalue weighted by Gasteiger charge is -2.39. The first-order valence-corrected chi connectivity index (χ1v) is 28.4. The quantitative estimate of drug-likeness (QED) is 0.112. The number of benzene rings is 4. The molecule has 450 valence electrons. The smallest absolute Gasteiger partial charge is 0.494 e. The summed E-state index contributed by atoms with van der Waals surface area (Å²) in [5.41, 5.74) is 6.85. The minimum Gasteiger partial charge on any atom is -0.496 e. The van der Waals surface area contributed by atoms with E-state index in [1.54, 1.807) is 120 Å². The van der Waals surface area contributed by atoms with Crippen LogP contribution in [0.1, 0.15) is 80.3 Å². The highest BCUT2D eigenvalue weighted by atomic mass is 35.5. The van der Waals surface area contributed by atoms with Crippen molar-refractivity contribution in [1.82, 2.24) is 30.0 Å². The summed E-state index contributed by atoms with van der Waals surface area (Å²) in [7, 11) is 9.39. The molecule has 20 nitrogen and oxygen atoms in total. The fourth-order valence-electron chi connectivity index (χ4n) is 9.35. The molecular weight excluding hydrogens is 1130 g/mol. The van der Waals surface area contributed by atoms with E-state index in [4.69, 9.17) is 53.4 Å². The second-order valence-electron chi connectivity index (χ2n) is 23.3. The minimum absolute atomic E-state index is 0.0857. The van der Waals surface area contributed by atoms with E-state index in [0.29, 0.717) is 103 Å². The van der Waals surface area contributed by atoms with Gasteiger partial charge in [0, 0.05) is 82.5 Å². The number of likely N-dealkylation sites (tertiary alicyclic amines) is 1. The number of carbonyl (C=O) groups excluding carboxylic acids is 3. The number of hydrogen-bond donors (Lipinski definition) is 1. The number of rotatable bonds is 12. The average Bonchev–Trinajstić information content (AvgIpc) is 2.71. The standard InChI is InChI=1S/C27H24N4O4.C21H29BN2O5.C17H15ClN2O3/c1-31(2)27(32)17-4-6-21(24(11-17)33-3)25-12-22-26(35-25)20(8-9-30-22)16-5-7-23(18(10-16)13-28)34-19-14-29-15-19;1-19(2,3)27-18(25)24-12-16(13-24)26-17-9-8-15(10-14(17)11-23)22-28-20(4,5)21(6,7)29-22;1-20(2)17(21)10-4-5-11(14(8-10)22-3)15-9-13-16(23-15)12(18)6-7-19-13/h4-12,19,29H,14-15H2,1-3H3;8-10,16H,12-13H2,1-7H3;4-9H,1-3H3. The zero-order valence-corrected chi connectivity index (χ0v) is 51.6. The third-order valence-corrected chi connectivity index (χ3v) is 15.2. The van der Waals surface area contributed by atoms with Crippen molar-refractivity contribution in [3.63, 3.8) is 0 Å². The van der Waals surface area contributed by atoms with Crippen molar-refractivity contribution in [3.8, 4) is 68.9 Å². The molecule has 0 bridgehead atoms. The van der Waals surface area contributed by atoms with Gasteiger partial charge in [0.25, 0.3) is 11.8 Å². The Morgan fingerprint density at radius 1 is 0.655 bits per heavy atom. The number of amides is 3. The van der Waals surface area contributed by atoms with Gasteiger partial charge in [-0.3, -0.25) is 19.6 Å². The number of furan rings is 2. The molecule has 0 unspecified atom stereocenters. The van der Waals surface area contributed by atoms with Crippen LogP contribution in [0.5, 0.6) is 23.0 Å². The molecule has 0 saturated carbocycles. The third kappa shape index (κ3) is 13.8. The average molecular weight is 1200 g/mol. The summed E-state index contributed by atoms with van der Waals surface area (Å²) in [5.74, 6) is 3.08. The maximum Gasteiger partial charge on any atom is 0.494 e. The maximum absolute atomic E-state index is 12.4. The highest BCUT2D eigenvalue weighted by Gasteiger charge is 2.52. The zero-order valence-electron chi connectivity index (χ0n) is 50.9. The van der Waals surface area contributed by atoms with E-state index in [2.05, 4.69) is 27.4 Å². The van der Waals surface area contributed by atoms with Gasteiger partial charge in [0.05, 0.1) is 65.8 Å². The molecule has 3 aliphatic rings. The highest BCUT2D eigenvalue weighted by Crippen LogP contribution is 2.41. The molecule has 0 aliphatic carbocycles. The normalized spacial score (nSPS) is 15.1. The number of ether oxygens (including phenoxy) is 5. The number of methoxy groups -OCH3 is 2. The lowest BCUT2D eigenvalue weighted by molar-refractivity contribution is -0.0222. The van der Waals surface area contributed by atoms with E-state index < -0.39 is 23.9 Å². The summed E-state index contributed by atoms with van der Waals surface area (Å²) in [6, 6.07) is 33.0. The van der Waals surface area contributed by atoms with Crippen LogP contribution in [0.4, 0.5) is 4.79 Å². The first kappa shape index (κ1) is 62.4. The monoisotopic (exact) mass is 1200 g/mol. The fourth-order valence-corrected chi connectivity index (χ4v) is 9.55. The number of halogens is 1. The van der Waals surface area contributed by atoms with E-state index in [-0.39, 0.29) is 30.1 Å². The number of fused-ring (bicyclic) bond motifs is 2. The topological polar surface area (TPSA) is 237 Å². The van der Waals surface area contributed by atoms with Crippen LogP contribution in [0.2, 0.25) is 5.02 Å². The summed E-state index contributed by atoms with van der Waals surface area (Å²) < 4.78 is 52.3. The summed E-state index contributed by atoms with van der Waals surface area (Å²) in [4.78, 5) is 49.8. The Morgan fingerprint density at radius 3 is 1.66 bits per heavy atom. The molecule has 22 heteroatoms. The SMILES string of the molecule is CC(C)(C)OC(=O)N1CC(Oc2ccc(B3OC(C)(C)C(C)(C)O3)cc2C#N)C1.COc1cc(C(=O)N(C)C)ccc1-c1cc2nccc(-c3ccc(OC4CNC4)c(C#N)c3)c2o1.COc1cc(C(=O)N(C)C)ccc1-c1cc2nccc(Cl)c2o1. The van der Waals surface area contributed by atoms with Gasteiger partial charge in [-0.05, 0) is 132 Å². The van der Waals surface area contributed by atoms with Gasteiger partial charge in [-0.15, -0.1) is 0 Å². The van der Waals surface area contributed by atoms with Gasteiger partial charge in [-0.1, -0.05) is 23.7 Å². The molecular formula is C65H68BClN8O12. The maximum atomic E-state index is 12.4. The van der Waals surface area contributed by atoms with Gasteiger partial charge < -0.3 is 61.8 Å². The van der Waals surface area contributed by atoms with Gasteiger partial charge in [0.1, 0.15) is 75.5 Å². The molecule has 11 rings (SSSR count). The van der Waals surface area contributed by atoms with Crippen molar-refractivity contribution >= 4 is 64.3 Å². The van der Waals surface area contributed by atoms with Crippen LogP contribution in [0.15, 0.2) is 118 Å². The van der Waals surface area contributed by atoms with Crippen LogP contribution >= 0.6 is 11.6 Å². The van der Waals surface area contributed by atoms with E-state index in [1.165, 1.54) is 9.80 Å². The van der Waals surface area contributed by atoms with Crippen LogP contribution in [0.3, 0.4) is 0 Å². The summed E-state index contributed by atoms with van der Waals surface area (Å²) >= 11 is 6.12. The Bertz CT molecular complexity index is 3960. The second-order valence-corrected chi connectivity index (χ2v) is 23.7. The van der Waals surface area contributed by atoms with Crippen LogP contribution in [0.25, 0.3) is 56.0 Å². The predicted octanol–water partition coefficient (Wildman–Crippen LogP) is 10.8. The van der Waals surface area contributed by atoms with Gasteiger partial charge in [0.15, 0.2) is 11.2 Å². The molecule has 0 radical (unpaired) electrons. The number of nitrogens with one attached hydrogen (secondary N) is 1. The minimum atomic E-state index is -0.535.